The summed E-state index contributed by atoms with van der Waals surface area (Å²) in [5.74, 6) is 3.05. The van der Waals surface area contributed by atoms with Crippen LogP contribution in [0.5, 0.6) is 0 Å². The van der Waals surface area contributed by atoms with E-state index >= 15 is 0 Å². The fourth-order valence-corrected chi connectivity index (χ4v) is 7.61. The Hall–Kier alpha value is -1.42. The molecule has 0 spiro atoms. The molecule has 6 rings (SSSR count). The lowest BCUT2D eigenvalue weighted by atomic mass is 9.48. The summed E-state index contributed by atoms with van der Waals surface area (Å²) in [6, 6.07) is 8.61. The highest BCUT2D eigenvalue weighted by atomic mass is 32.1. The molecule has 1 N–H and O–H groups in total. The first kappa shape index (κ1) is 17.7. The summed E-state index contributed by atoms with van der Waals surface area (Å²) in [5.41, 5.74) is 1.48. The number of hydrogen-bond acceptors (Lipinski definition) is 3. The first-order valence-corrected chi connectivity index (χ1v) is 11.6. The van der Waals surface area contributed by atoms with Crippen LogP contribution in [0.4, 0.5) is 0 Å². The van der Waals surface area contributed by atoms with Crippen molar-refractivity contribution in [2.24, 2.45) is 23.2 Å². The van der Waals surface area contributed by atoms with Crippen LogP contribution in [0.25, 0.3) is 10.2 Å². The normalized spacial score (nSPS) is 32.7. The van der Waals surface area contributed by atoms with Gasteiger partial charge in [0.2, 0.25) is 5.91 Å². The molecular weight excluding hydrogens is 352 g/mol. The van der Waals surface area contributed by atoms with E-state index in [9.17, 15) is 4.79 Å². The van der Waals surface area contributed by atoms with Gasteiger partial charge >= 0.3 is 0 Å². The van der Waals surface area contributed by atoms with Crippen molar-refractivity contribution >= 4 is 27.5 Å². The van der Waals surface area contributed by atoms with Gasteiger partial charge in [0.05, 0.1) is 15.2 Å². The second kappa shape index (κ2) is 6.88. The number of carbonyl (C=O) groups excluding carboxylic acids is 1. The molecule has 1 amide bonds. The molecule has 0 aliphatic heterocycles. The van der Waals surface area contributed by atoms with E-state index in [0.717, 1.165) is 41.1 Å². The van der Waals surface area contributed by atoms with Gasteiger partial charge in [-0.2, -0.15) is 0 Å². The van der Waals surface area contributed by atoms with Crippen LogP contribution >= 0.6 is 11.3 Å². The molecule has 0 radical (unpaired) electrons. The third kappa shape index (κ3) is 3.41. The van der Waals surface area contributed by atoms with Crippen molar-refractivity contribution in [2.45, 2.75) is 70.8 Å². The molecule has 1 aromatic carbocycles. The van der Waals surface area contributed by atoms with Gasteiger partial charge in [0.25, 0.3) is 0 Å². The molecule has 1 unspecified atom stereocenters. The molecule has 0 saturated heterocycles. The molecule has 4 heteroatoms. The summed E-state index contributed by atoms with van der Waals surface area (Å²) in [6.45, 7) is 2.28. The second-order valence-corrected chi connectivity index (χ2v) is 10.6. The SMILES string of the molecule is CC(NC(=O)CCCc1nc2ccccc2s1)C12CC3CC(CC(C3)C1)C2. The van der Waals surface area contributed by atoms with Gasteiger partial charge in [0, 0.05) is 12.5 Å². The fourth-order valence-electron chi connectivity index (χ4n) is 6.60. The number of para-hydroxylation sites is 1. The zero-order valence-corrected chi connectivity index (χ0v) is 17.1. The Morgan fingerprint density at radius 3 is 2.52 bits per heavy atom. The Kier molecular flexibility index (Phi) is 4.50. The minimum Gasteiger partial charge on any atom is -0.353 e. The maximum atomic E-state index is 12.6. The molecule has 3 nitrogen and oxygen atoms in total. The van der Waals surface area contributed by atoms with Crippen LogP contribution in [-0.2, 0) is 11.2 Å². The Balaban J connectivity index is 1.14. The largest absolute Gasteiger partial charge is 0.353 e. The van der Waals surface area contributed by atoms with Crippen LogP contribution in [0.1, 0.15) is 63.3 Å². The van der Waals surface area contributed by atoms with Crippen LogP contribution in [0, 0.1) is 23.2 Å². The smallest absolute Gasteiger partial charge is 0.220 e. The Morgan fingerprint density at radius 2 is 1.85 bits per heavy atom. The van der Waals surface area contributed by atoms with Gasteiger partial charge in [0.15, 0.2) is 0 Å². The number of nitrogens with one attached hydrogen (secondary N) is 1. The number of amides is 1. The van der Waals surface area contributed by atoms with Gasteiger partial charge in [-0.25, -0.2) is 4.98 Å². The number of carbonyl (C=O) groups is 1. The van der Waals surface area contributed by atoms with Gasteiger partial charge in [-0.3, -0.25) is 4.79 Å². The number of hydrogen-bond donors (Lipinski definition) is 1. The first-order valence-electron chi connectivity index (χ1n) is 10.7. The average Bonchev–Trinajstić information content (AvgIpc) is 3.03. The van der Waals surface area contributed by atoms with Crippen molar-refractivity contribution in [2.75, 3.05) is 0 Å². The topological polar surface area (TPSA) is 42.0 Å². The van der Waals surface area contributed by atoms with E-state index in [1.54, 1.807) is 11.3 Å². The number of benzene rings is 1. The van der Waals surface area contributed by atoms with Crippen LogP contribution in [-0.4, -0.2) is 16.9 Å². The summed E-state index contributed by atoms with van der Waals surface area (Å²) in [7, 11) is 0. The van der Waals surface area contributed by atoms with Gasteiger partial charge < -0.3 is 5.32 Å². The fraction of sp³-hybridized carbons (Fsp3) is 0.652. The lowest BCUT2D eigenvalue weighted by Gasteiger charge is -2.59. The van der Waals surface area contributed by atoms with Gasteiger partial charge in [-0.05, 0) is 93.6 Å². The van der Waals surface area contributed by atoms with Gasteiger partial charge in [-0.15, -0.1) is 11.3 Å². The molecule has 4 fully saturated rings. The molecule has 1 heterocycles. The summed E-state index contributed by atoms with van der Waals surface area (Å²) < 4.78 is 1.24. The van der Waals surface area contributed by atoms with Crippen molar-refractivity contribution in [1.29, 1.82) is 0 Å². The van der Waals surface area contributed by atoms with Crippen molar-refractivity contribution in [3.63, 3.8) is 0 Å². The van der Waals surface area contributed by atoms with E-state index in [4.69, 9.17) is 0 Å². The molecule has 2 aromatic rings. The van der Waals surface area contributed by atoms with Gasteiger partial charge in [0.1, 0.15) is 0 Å². The number of rotatable bonds is 6. The molecule has 4 aliphatic carbocycles. The van der Waals surface area contributed by atoms with E-state index in [1.165, 1.54) is 43.2 Å². The second-order valence-electron chi connectivity index (χ2n) is 9.50. The summed E-state index contributed by atoms with van der Waals surface area (Å²) in [5, 5.41) is 4.54. The van der Waals surface area contributed by atoms with Crippen LogP contribution in [0.3, 0.4) is 0 Å². The summed E-state index contributed by atoms with van der Waals surface area (Å²) in [6.07, 6.45) is 10.8. The zero-order chi connectivity index (χ0) is 18.4. The molecule has 4 bridgehead atoms. The third-order valence-corrected chi connectivity index (χ3v) is 8.61. The van der Waals surface area contributed by atoms with Crippen LogP contribution in [0.2, 0.25) is 0 Å². The Bertz CT molecular complexity index is 773. The van der Waals surface area contributed by atoms with Crippen molar-refractivity contribution < 1.29 is 4.79 Å². The van der Waals surface area contributed by atoms with Crippen molar-refractivity contribution in [1.82, 2.24) is 10.3 Å². The lowest BCUT2D eigenvalue weighted by molar-refractivity contribution is -0.126. The highest BCUT2D eigenvalue weighted by molar-refractivity contribution is 7.18. The number of thiazole rings is 1. The Morgan fingerprint density at radius 1 is 1.19 bits per heavy atom. The van der Waals surface area contributed by atoms with Crippen LogP contribution < -0.4 is 5.32 Å². The third-order valence-electron chi connectivity index (χ3n) is 7.51. The van der Waals surface area contributed by atoms with Crippen molar-refractivity contribution in [3.05, 3.63) is 29.3 Å². The first-order chi connectivity index (χ1) is 13.1. The predicted octanol–water partition coefficient (Wildman–Crippen LogP) is 5.34. The van der Waals surface area contributed by atoms with E-state index < -0.39 is 0 Å². The molecule has 144 valence electrons. The monoisotopic (exact) mass is 382 g/mol. The predicted molar refractivity (Wildman–Crippen MR) is 111 cm³/mol. The van der Waals surface area contributed by atoms with E-state index in [-0.39, 0.29) is 5.91 Å². The lowest BCUT2D eigenvalue weighted by Crippen LogP contribution is -2.55. The summed E-state index contributed by atoms with van der Waals surface area (Å²) in [4.78, 5) is 17.3. The molecule has 4 aliphatic rings. The Labute approximate surface area is 166 Å². The zero-order valence-electron chi connectivity index (χ0n) is 16.2. The van der Waals surface area contributed by atoms with Crippen LogP contribution in [0.15, 0.2) is 24.3 Å². The van der Waals surface area contributed by atoms with E-state index in [1.807, 2.05) is 6.07 Å². The number of aromatic nitrogens is 1. The number of fused-ring (bicyclic) bond motifs is 1. The summed E-state index contributed by atoms with van der Waals surface area (Å²) >= 11 is 1.76. The molecule has 27 heavy (non-hydrogen) atoms. The number of nitrogens with zero attached hydrogens (tertiary/aromatic N) is 1. The minimum atomic E-state index is 0.236. The highest BCUT2D eigenvalue weighted by Crippen LogP contribution is 2.61. The number of aryl methyl sites for hydroxylation is 1. The molecule has 1 atom stereocenters. The van der Waals surface area contributed by atoms with Crippen molar-refractivity contribution in [3.8, 4) is 0 Å². The molecule has 1 aromatic heterocycles. The maximum absolute atomic E-state index is 12.6. The standard InChI is InChI=1S/C23H30N2OS/c1-15(23-12-16-9-17(13-23)11-18(10-16)14-23)24-21(26)7-4-8-22-25-19-5-2-3-6-20(19)27-22/h2-3,5-6,15-18H,4,7-14H2,1H3,(H,24,26). The highest BCUT2D eigenvalue weighted by Gasteiger charge is 2.53. The van der Waals surface area contributed by atoms with E-state index in [0.29, 0.717) is 17.9 Å². The van der Waals surface area contributed by atoms with E-state index in [2.05, 4.69) is 35.4 Å². The minimum absolute atomic E-state index is 0.236. The maximum Gasteiger partial charge on any atom is 0.220 e. The average molecular weight is 383 g/mol. The molecule has 4 saturated carbocycles. The quantitative estimate of drug-likeness (QED) is 0.733. The molecular formula is C23H30N2OS. The van der Waals surface area contributed by atoms with Gasteiger partial charge in [-0.1, -0.05) is 12.1 Å².